The Morgan fingerprint density at radius 3 is 2.74 bits per heavy atom. The van der Waals surface area contributed by atoms with Crippen LogP contribution in [-0.2, 0) is 14.3 Å². The van der Waals surface area contributed by atoms with Crippen LogP contribution in [0.15, 0.2) is 30.3 Å². The molecule has 102 valence electrons. The van der Waals surface area contributed by atoms with Crippen LogP contribution in [0.2, 0.25) is 0 Å². The lowest BCUT2D eigenvalue weighted by Crippen LogP contribution is -2.60. The number of para-hydroxylation sites is 1. The maximum absolute atomic E-state index is 12.1. The van der Waals surface area contributed by atoms with Crippen LogP contribution in [0.3, 0.4) is 0 Å². The van der Waals surface area contributed by atoms with E-state index in [1.807, 2.05) is 42.2 Å². The topological polar surface area (TPSA) is 58.6 Å². The standard InChI is InChI=1S/C14H18N2O3/c1-10-9-16(11-6-4-3-5-7-11)12(14(18)15-10)8-13(17)19-2/h3-7,10,12H,8-9H2,1-2H3,(H,15,18). The molecule has 2 atom stereocenters. The number of rotatable bonds is 3. The Morgan fingerprint density at radius 2 is 2.11 bits per heavy atom. The number of piperazine rings is 1. The molecule has 1 saturated heterocycles. The molecule has 1 fully saturated rings. The Balaban J connectivity index is 2.24. The van der Waals surface area contributed by atoms with E-state index in [2.05, 4.69) is 10.1 Å². The number of ether oxygens (including phenoxy) is 1. The van der Waals surface area contributed by atoms with Crippen molar-refractivity contribution in [2.24, 2.45) is 0 Å². The molecular weight excluding hydrogens is 244 g/mol. The van der Waals surface area contributed by atoms with Gasteiger partial charge in [-0.15, -0.1) is 0 Å². The molecule has 1 aromatic carbocycles. The summed E-state index contributed by atoms with van der Waals surface area (Å²) in [6.45, 7) is 2.62. The molecule has 5 nitrogen and oxygen atoms in total. The first-order valence-electron chi connectivity index (χ1n) is 6.30. The zero-order valence-corrected chi connectivity index (χ0v) is 11.1. The molecule has 1 N–H and O–H groups in total. The molecule has 1 heterocycles. The molecule has 2 unspecified atom stereocenters. The fourth-order valence-electron chi connectivity index (χ4n) is 2.30. The summed E-state index contributed by atoms with van der Waals surface area (Å²) in [6, 6.07) is 9.19. The van der Waals surface area contributed by atoms with Gasteiger partial charge in [0.05, 0.1) is 13.5 Å². The van der Waals surface area contributed by atoms with E-state index in [9.17, 15) is 9.59 Å². The van der Waals surface area contributed by atoms with E-state index < -0.39 is 6.04 Å². The first-order valence-corrected chi connectivity index (χ1v) is 6.30. The van der Waals surface area contributed by atoms with E-state index in [0.717, 1.165) is 5.69 Å². The van der Waals surface area contributed by atoms with Crippen LogP contribution < -0.4 is 10.2 Å². The minimum Gasteiger partial charge on any atom is -0.469 e. The van der Waals surface area contributed by atoms with Gasteiger partial charge in [0.15, 0.2) is 0 Å². The molecule has 0 spiro atoms. The van der Waals surface area contributed by atoms with E-state index >= 15 is 0 Å². The highest BCUT2D eigenvalue weighted by Gasteiger charge is 2.34. The summed E-state index contributed by atoms with van der Waals surface area (Å²) in [4.78, 5) is 25.5. The predicted octanol–water partition coefficient (Wildman–Crippen LogP) is 0.943. The van der Waals surface area contributed by atoms with E-state index in [1.54, 1.807) is 0 Å². The average Bonchev–Trinajstić information content (AvgIpc) is 2.42. The monoisotopic (exact) mass is 262 g/mol. The number of esters is 1. The number of hydrogen-bond acceptors (Lipinski definition) is 4. The quantitative estimate of drug-likeness (QED) is 0.824. The highest BCUT2D eigenvalue weighted by molar-refractivity contribution is 5.91. The lowest BCUT2D eigenvalue weighted by Gasteiger charge is -2.39. The fraction of sp³-hybridized carbons (Fsp3) is 0.429. The number of carbonyl (C=O) groups excluding carboxylic acids is 2. The molecule has 1 amide bonds. The molecule has 0 saturated carbocycles. The third kappa shape index (κ3) is 3.05. The minimum absolute atomic E-state index is 0.0570. The lowest BCUT2D eigenvalue weighted by molar-refractivity contribution is -0.143. The van der Waals surface area contributed by atoms with Crippen molar-refractivity contribution < 1.29 is 14.3 Å². The van der Waals surface area contributed by atoms with Gasteiger partial charge in [0.2, 0.25) is 5.91 Å². The summed E-state index contributed by atoms with van der Waals surface area (Å²) in [6.07, 6.45) is 0.0595. The molecular formula is C14H18N2O3. The summed E-state index contributed by atoms with van der Waals surface area (Å²) in [5.41, 5.74) is 0.943. The Hall–Kier alpha value is -2.04. The molecule has 1 aliphatic heterocycles. The van der Waals surface area contributed by atoms with Crippen molar-refractivity contribution in [2.75, 3.05) is 18.6 Å². The smallest absolute Gasteiger partial charge is 0.308 e. The van der Waals surface area contributed by atoms with Gasteiger partial charge in [0.25, 0.3) is 0 Å². The zero-order valence-electron chi connectivity index (χ0n) is 11.1. The van der Waals surface area contributed by atoms with Gasteiger partial charge in [-0.05, 0) is 19.1 Å². The van der Waals surface area contributed by atoms with E-state index in [1.165, 1.54) is 7.11 Å². The summed E-state index contributed by atoms with van der Waals surface area (Å²) in [5.74, 6) is -0.511. The first kappa shape index (κ1) is 13.4. The van der Waals surface area contributed by atoms with Crippen LogP contribution in [-0.4, -0.2) is 37.6 Å². The first-order chi connectivity index (χ1) is 9.11. The Bertz CT molecular complexity index is 461. The van der Waals surface area contributed by atoms with Crippen molar-refractivity contribution in [3.8, 4) is 0 Å². The Kier molecular flexibility index (Phi) is 4.04. The second-order valence-electron chi connectivity index (χ2n) is 4.69. The SMILES string of the molecule is COC(=O)CC1C(=O)NC(C)CN1c1ccccc1. The number of carbonyl (C=O) groups is 2. The Morgan fingerprint density at radius 1 is 1.42 bits per heavy atom. The van der Waals surface area contributed by atoms with E-state index in [-0.39, 0.29) is 24.3 Å². The lowest BCUT2D eigenvalue weighted by atomic mass is 10.0. The highest BCUT2D eigenvalue weighted by atomic mass is 16.5. The number of methoxy groups -OCH3 is 1. The molecule has 19 heavy (non-hydrogen) atoms. The van der Waals surface area contributed by atoms with Crippen molar-refractivity contribution in [1.29, 1.82) is 0 Å². The summed E-state index contributed by atoms with van der Waals surface area (Å²) in [7, 11) is 1.33. The number of hydrogen-bond donors (Lipinski definition) is 1. The van der Waals surface area contributed by atoms with E-state index in [0.29, 0.717) is 6.54 Å². The van der Waals surface area contributed by atoms with Crippen molar-refractivity contribution in [2.45, 2.75) is 25.4 Å². The number of amides is 1. The molecule has 0 aliphatic carbocycles. The third-order valence-electron chi connectivity index (χ3n) is 3.21. The second kappa shape index (κ2) is 5.73. The van der Waals surface area contributed by atoms with Gasteiger partial charge < -0.3 is 15.0 Å². The van der Waals surface area contributed by atoms with Gasteiger partial charge in [-0.25, -0.2) is 0 Å². The number of nitrogens with zero attached hydrogens (tertiary/aromatic N) is 1. The highest BCUT2D eigenvalue weighted by Crippen LogP contribution is 2.22. The maximum atomic E-state index is 12.1. The summed E-state index contributed by atoms with van der Waals surface area (Å²) in [5, 5.41) is 2.87. The van der Waals surface area contributed by atoms with Gasteiger partial charge in [-0.1, -0.05) is 18.2 Å². The molecule has 2 rings (SSSR count). The number of benzene rings is 1. The third-order valence-corrected chi connectivity index (χ3v) is 3.21. The normalized spacial score (nSPS) is 22.8. The minimum atomic E-state index is -0.508. The molecule has 0 radical (unpaired) electrons. The van der Waals surface area contributed by atoms with Crippen molar-refractivity contribution in [1.82, 2.24) is 5.32 Å². The van der Waals surface area contributed by atoms with Crippen LogP contribution in [0.5, 0.6) is 0 Å². The summed E-state index contributed by atoms with van der Waals surface area (Å²) < 4.78 is 4.67. The van der Waals surface area contributed by atoms with Crippen molar-refractivity contribution in [3.63, 3.8) is 0 Å². The fourth-order valence-corrected chi connectivity index (χ4v) is 2.30. The zero-order chi connectivity index (χ0) is 13.8. The van der Waals surface area contributed by atoms with E-state index in [4.69, 9.17) is 0 Å². The molecule has 5 heteroatoms. The predicted molar refractivity (Wildman–Crippen MR) is 71.8 cm³/mol. The van der Waals surface area contributed by atoms with Crippen molar-refractivity contribution in [3.05, 3.63) is 30.3 Å². The largest absolute Gasteiger partial charge is 0.469 e. The number of anilines is 1. The van der Waals surface area contributed by atoms with Gasteiger partial charge >= 0.3 is 5.97 Å². The van der Waals surface area contributed by atoms with Crippen LogP contribution >= 0.6 is 0 Å². The summed E-state index contributed by atoms with van der Waals surface area (Å²) >= 11 is 0. The Labute approximate surface area is 112 Å². The van der Waals surface area contributed by atoms with Crippen LogP contribution in [0.4, 0.5) is 5.69 Å². The molecule has 0 bridgehead atoms. The molecule has 1 aromatic rings. The second-order valence-corrected chi connectivity index (χ2v) is 4.69. The van der Waals surface area contributed by atoms with Gasteiger partial charge in [0, 0.05) is 18.3 Å². The molecule has 0 aromatic heterocycles. The maximum Gasteiger partial charge on any atom is 0.308 e. The average molecular weight is 262 g/mol. The van der Waals surface area contributed by atoms with Gasteiger partial charge in [-0.3, -0.25) is 9.59 Å². The van der Waals surface area contributed by atoms with Crippen LogP contribution in [0.1, 0.15) is 13.3 Å². The van der Waals surface area contributed by atoms with Crippen LogP contribution in [0, 0.1) is 0 Å². The number of nitrogens with one attached hydrogen (secondary N) is 1. The van der Waals surface area contributed by atoms with Crippen LogP contribution in [0.25, 0.3) is 0 Å². The van der Waals surface area contributed by atoms with Gasteiger partial charge in [0.1, 0.15) is 6.04 Å². The molecule has 1 aliphatic rings. The van der Waals surface area contributed by atoms with Gasteiger partial charge in [-0.2, -0.15) is 0 Å². The van der Waals surface area contributed by atoms with Crippen molar-refractivity contribution >= 4 is 17.6 Å².